The van der Waals surface area contributed by atoms with Crippen molar-refractivity contribution in [2.24, 2.45) is 0 Å². The van der Waals surface area contributed by atoms with Gasteiger partial charge in [0.1, 0.15) is 0 Å². The molecule has 0 heterocycles. The second-order valence-corrected chi connectivity index (χ2v) is 15.2. The second kappa shape index (κ2) is 13.4. The minimum atomic E-state index is 0.0923. The third kappa shape index (κ3) is 6.67. The fourth-order valence-corrected chi connectivity index (χ4v) is 6.77. The van der Waals surface area contributed by atoms with Gasteiger partial charge >= 0.3 is 0 Å². The molecule has 2 heteroatoms. The van der Waals surface area contributed by atoms with Crippen molar-refractivity contribution in [3.8, 4) is 11.1 Å². The average molecular weight is 651 g/mol. The lowest BCUT2D eigenvalue weighted by molar-refractivity contribution is 0.590. The van der Waals surface area contributed by atoms with E-state index in [-0.39, 0.29) is 10.8 Å². The van der Waals surface area contributed by atoms with Gasteiger partial charge in [-0.3, -0.25) is 0 Å². The summed E-state index contributed by atoms with van der Waals surface area (Å²) in [6, 6.07) is 61.7. The topological polar surface area (TPSA) is 6.48 Å². The second-order valence-electron chi connectivity index (χ2n) is 15.2. The van der Waals surface area contributed by atoms with Crippen molar-refractivity contribution in [1.29, 1.82) is 0 Å². The first-order valence-electron chi connectivity index (χ1n) is 17.6. The summed E-state index contributed by atoms with van der Waals surface area (Å²) in [6.07, 6.45) is 0. The molecule has 0 N–H and O–H groups in total. The Kier molecular flexibility index (Phi) is 8.80. The maximum atomic E-state index is 2.38. The van der Waals surface area contributed by atoms with Crippen LogP contribution >= 0.6 is 0 Å². The Bertz CT molecular complexity index is 2190. The molecule has 248 valence electrons. The molecule has 0 saturated carbocycles. The molecule has 0 aliphatic heterocycles. The zero-order chi connectivity index (χ0) is 34.9. The summed E-state index contributed by atoms with van der Waals surface area (Å²) in [5, 5.41) is 2.44. The van der Waals surface area contributed by atoms with Crippen LogP contribution in [-0.2, 0) is 10.8 Å². The summed E-state index contributed by atoms with van der Waals surface area (Å²) in [6.45, 7) is 13.6. The maximum absolute atomic E-state index is 2.38. The molecule has 0 aromatic heterocycles. The lowest BCUT2D eigenvalue weighted by Gasteiger charge is -2.28. The van der Waals surface area contributed by atoms with Crippen LogP contribution in [0.4, 0.5) is 34.1 Å². The predicted molar refractivity (Wildman–Crippen MR) is 216 cm³/mol. The summed E-state index contributed by atoms with van der Waals surface area (Å²) in [7, 11) is 0. The fourth-order valence-electron chi connectivity index (χ4n) is 6.77. The van der Waals surface area contributed by atoms with Crippen LogP contribution < -0.4 is 9.80 Å². The molecule has 0 aliphatic carbocycles. The highest BCUT2D eigenvalue weighted by Crippen LogP contribution is 2.43. The van der Waals surface area contributed by atoms with E-state index in [4.69, 9.17) is 0 Å². The van der Waals surface area contributed by atoms with E-state index >= 15 is 0 Å². The van der Waals surface area contributed by atoms with E-state index in [0.29, 0.717) is 0 Å². The molecule has 2 nitrogen and oxygen atoms in total. The molecule has 50 heavy (non-hydrogen) atoms. The van der Waals surface area contributed by atoms with Gasteiger partial charge in [0.05, 0.1) is 5.69 Å². The number of hydrogen-bond donors (Lipinski definition) is 0. The van der Waals surface area contributed by atoms with Crippen molar-refractivity contribution < 1.29 is 0 Å². The molecule has 0 spiro atoms. The van der Waals surface area contributed by atoms with E-state index in [1.165, 1.54) is 33.0 Å². The number of rotatable bonds is 7. The van der Waals surface area contributed by atoms with Crippen LogP contribution in [0.15, 0.2) is 170 Å². The third-order valence-corrected chi connectivity index (χ3v) is 9.59. The number of nitrogens with zero attached hydrogens (tertiary/aromatic N) is 2. The van der Waals surface area contributed by atoms with E-state index in [2.05, 4.69) is 221 Å². The highest BCUT2D eigenvalue weighted by atomic mass is 15.1. The van der Waals surface area contributed by atoms with Crippen molar-refractivity contribution in [1.82, 2.24) is 0 Å². The first-order chi connectivity index (χ1) is 24.1. The Balaban J connectivity index is 1.30. The molecule has 0 fully saturated rings. The maximum Gasteiger partial charge on any atom is 0.0540 e. The number of hydrogen-bond acceptors (Lipinski definition) is 2. The van der Waals surface area contributed by atoms with Gasteiger partial charge in [-0.05, 0) is 105 Å². The quantitative estimate of drug-likeness (QED) is 0.169. The van der Waals surface area contributed by atoms with Crippen LogP contribution in [0, 0.1) is 0 Å². The predicted octanol–water partition coefficient (Wildman–Crippen LogP) is 14.0. The zero-order valence-electron chi connectivity index (χ0n) is 30.1. The van der Waals surface area contributed by atoms with Gasteiger partial charge in [-0.2, -0.15) is 0 Å². The van der Waals surface area contributed by atoms with Crippen molar-refractivity contribution in [3.63, 3.8) is 0 Å². The van der Waals surface area contributed by atoms with Gasteiger partial charge in [0.15, 0.2) is 0 Å². The third-order valence-electron chi connectivity index (χ3n) is 9.59. The molecule has 0 amide bonds. The molecule has 0 saturated heterocycles. The Labute approximate surface area is 298 Å². The van der Waals surface area contributed by atoms with Crippen LogP contribution in [0.5, 0.6) is 0 Å². The minimum absolute atomic E-state index is 0.0923. The van der Waals surface area contributed by atoms with Gasteiger partial charge < -0.3 is 9.80 Å². The summed E-state index contributed by atoms with van der Waals surface area (Å²) in [5.41, 5.74) is 12.1. The summed E-state index contributed by atoms with van der Waals surface area (Å²) < 4.78 is 0. The van der Waals surface area contributed by atoms with Crippen molar-refractivity contribution in [2.75, 3.05) is 9.80 Å². The lowest BCUT2D eigenvalue weighted by atomic mass is 9.87. The van der Waals surface area contributed by atoms with Gasteiger partial charge in [-0.1, -0.05) is 145 Å². The number of para-hydroxylation sites is 2. The number of anilines is 6. The van der Waals surface area contributed by atoms with E-state index < -0.39 is 0 Å². The Morgan fingerprint density at radius 1 is 0.320 bits per heavy atom. The molecular weight excluding hydrogens is 605 g/mol. The molecule has 7 rings (SSSR count). The summed E-state index contributed by atoms with van der Waals surface area (Å²) in [4.78, 5) is 4.71. The molecule has 0 unspecified atom stereocenters. The van der Waals surface area contributed by atoms with Crippen molar-refractivity contribution >= 4 is 44.9 Å². The smallest absolute Gasteiger partial charge is 0.0540 e. The minimum Gasteiger partial charge on any atom is -0.311 e. The molecule has 0 atom stereocenters. The van der Waals surface area contributed by atoms with Crippen LogP contribution in [0.25, 0.3) is 21.9 Å². The SMILES string of the molecule is CC(C)(C)c1ccc(N(c2ccccc2)c2ccc(-c3ccc(N(c4ccccc4)c4ccc(C(C)(C)C)cc4)c4ccccc34)cc2)cc1. The summed E-state index contributed by atoms with van der Waals surface area (Å²) in [5.74, 6) is 0. The van der Waals surface area contributed by atoms with Crippen LogP contribution in [0.3, 0.4) is 0 Å². The normalized spacial score (nSPS) is 11.8. The first kappa shape index (κ1) is 32.9. The van der Waals surface area contributed by atoms with Gasteiger partial charge in [-0.25, -0.2) is 0 Å². The van der Waals surface area contributed by atoms with Gasteiger partial charge in [-0.15, -0.1) is 0 Å². The van der Waals surface area contributed by atoms with Gasteiger partial charge in [0.25, 0.3) is 0 Å². The highest BCUT2D eigenvalue weighted by molar-refractivity contribution is 6.06. The Hall–Kier alpha value is -5.60. The number of benzene rings is 7. The van der Waals surface area contributed by atoms with E-state index in [0.717, 1.165) is 34.1 Å². The molecule has 0 radical (unpaired) electrons. The largest absolute Gasteiger partial charge is 0.311 e. The molecule has 7 aromatic rings. The van der Waals surface area contributed by atoms with Gasteiger partial charge in [0.2, 0.25) is 0 Å². The van der Waals surface area contributed by atoms with Crippen LogP contribution in [0.2, 0.25) is 0 Å². The monoisotopic (exact) mass is 650 g/mol. The molecule has 7 aromatic carbocycles. The molecule has 0 bridgehead atoms. The van der Waals surface area contributed by atoms with E-state index in [1.807, 2.05) is 0 Å². The summed E-state index contributed by atoms with van der Waals surface area (Å²) >= 11 is 0. The standard InChI is InChI=1S/C48H46N2/c1-47(2,3)36-23-29-41(30-24-36)49(38-15-9-7-10-16-38)40-27-21-35(22-28-40)43-33-34-46(45-20-14-13-19-44(43)45)50(39-17-11-8-12-18-39)42-31-25-37(26-32-42)48(4,5)6/h7-34H,1-6H3. The lowest BCUT2D eigenvalue weighted by Crippen LogP contribution is -2.13. The molecular formula is C48H46N2. The highest BCUT2D eigenvalue weighted by Gasteiger charge is 2.20. The van der Waals surface area contributed by atoms with E-state index in [9.17, 15) is 0 Å². The van der Waals surface area contributed by atoms with Gasteiger partial charge in [0, 0.05) is 33.8 Å². The Morgan fingerprint density at radius 2 is 0.700 bits per heavy atom. The number of fused-ring (bicyclic) bond motifs is 1. The zero-order valence-corrected chi connectivity index (χ0v) is 30.1. The van der Waals surface area contributed by atoms with Crippen molar-refractivity contribution in [3.05, 3.63) is 181 Å². The Morgan fingerprint density at radius 3 is 1.18 bits per heavy atom. The van der Waals surface area contributed by atoms with E-state index in [1.54, 1.807) is 0 Å². The van der Waals surface area contributed by atoms with Crippen LogP contribution in [0.1, 0.15) is 52.7 Å². The molecule has 0 aliphatic rings. The fraction of sp³-hybridized carbons (Fsp3) is 0.167. The average Bonchev–Trinajstić information content (AvgIpc) is 3.13. The van der Waals surface area contributed by atoms with Crippen LogP contribution in [-0.4, -0.2) is 0 Å². The first-order valence-corrected chi connectivity index (χ1v) is 17.6. The van der Waals surface area contributed by atoms with Crippen molar-refractivity contribution in [2.45, 2.75) is 52.4 Å².